The van der Waals surface area contributed by atoms with Crippen molar-refractivity contribution in [3.05, 3.63) is 47.1 Å². The van der Waals surface area contributed by atoms with Gasteiger partial charge in [0.1, 0.15) is 16.5 Å². The van der Waals surface area contributed by atoms with E-state index in [0.717, 1.165) is 17.7 Å². The number of nitrogens with zero attached hydrogens (tertiary/aromatic N) is 1. The molecule has 0 aliphatic heterocycles. The van der Waals surface area contributed by atoms with Crippen molar-refractivity contribution >= 4 is 9.84 Å². The molecule has 1 heterocycles. The third kappa shape index (κ3) is 3.89. The molecule has 0 saturated carbocycles. The monoisotopic (exact) mass is 312 g/mol. The lowest BCUT2D eigenvalue weighted by Crippen LogP contribution is -2.18. The fraction of sp³-hybridized carbons (Fsp3) is 0.357. The van der Waals surface area contributed by atoms with Crippen molar-refractivity contribution in [2.75, 3.05) is 6.26 Å². The first kappa shape index (κ1) is 15.7. The van der Waals surface area contributed by atoms with E-state index in [1.54, 1.807) is 13.0 Å². The highest BCUT2D eigenvalue weighted by Crippen LogP contribution is 2.20. The summed E-state index contributed by atoms with van der Waals surface area (Å²) in [6, 6.07) is 5.80. The van der Waals surface area contributed by atoms with Crippen LogP contribution < -0.4 is 5.32 Å². The first-order valence-corrected chi connectivity index (χ1v) is 8.31. The van der Waals surface area contributed by atoms with Gasteiger partial charge >= 0.3 is 0 Å². The van der Waals surface area contributed by atoms with E-state index in [-0.39, 0.29) is 10.9 Å². The zero-order valence-corrected chi connectivity index (χ0v) is 12.9. The molecular weight excluding hydrogens is 295 g/mol. The lowest BCUT2D eigenvalue weighted by atomic mass is 10.1. The van der Waals surface area contributed by atoms with Gasteiger partial charge in [-0.2, -0.15) is 0 Å². The Bertz CT molecular complexity index is 740. The highest BCUT2D eigenvalue weighted by molar-refractivity contribution is 7.90. The molecule has 0 fully saturated rings. The minimum Gasteiger partial charge on any atom is -0.361 e. The van der Waals surface area contributed by atoms with Gasteiger partial charge in [-0.3, -0.25) is 0 Å². The van der Waals surface area contributed by atoms with Gasteiger partial charge in [0.2, 0.25) is 0 Å². The van der Waals surface area contributed by atoms with E-state index in [2.05, 4.69) is 10.5 Å². The molecular formula is C14H17FN2O3S. The van der Waals surface area contributed by atoms with Gasteiger partial charge in [-0.1, -0.05) is 11.2 Å². The van der Waals surface area contributed by atoms with Crippen molar-refractivity contribution in [2.24, 2.45) is 0 Å². The fourth-order valence-electron chi connectivity index (χ4n) is 1.96. The molecule has 0 radical (unpaired) electrons. The highest BCUT2D eigenvalue weighted by Gasteiger charge is 2.16. The summed E-state index contributed by atoms with van der Waals surface area (Å²) < 4.78 is 41.5. The number of aromatic nitrogens is 1. The van der Waals surface area contributed by atoms with Crippen LogP contribution in [-0.4, -0.2) is 19.8 Å². The Morgan fingerprint density at radius 1 is 1.38 bits per heavy atom. The molecule has 114 valence electrons. The van der Waals surface area contributed by atoms with Crippen molar-refractivity contribution in [3.8, 4) is 0 Å². The fourth-order valence-corrected chi connectivity index (χ4v) is 2.69. The molecule has 2 rings (SSSR count). The zero-order chi connectivity index (χ0) is 15.6. The first-order chi connectivity index (χ1) is 9.77. The SMILES string of the molecule is Cc1cc(CN[C@H](C)c2ccc(S(C)(=O)=O)c(F)c2)no1. The molecule has 21 heavy (non-hydrogen) atoms. The van der Waals surface area contributed by atoms with E-state index >= 15 is 0 Å². The number of sulfone groups is 1. The summed E-state index contributed by atoms with van der Waals surface area (Å²) in [6.07, 6.45) is 0.986. The zero-order valence-electron chi connectivity index (χ0n) is 12.1. The molecule has 0 aliphatic carbocycles. The van der Waals surface area contributed by atoms with Gasteiger partial charge in [-0.15, -0.1) is 0 Å². The predicted molar refractivity (Wildman–Crippen MR) is 76.0 cm³/mol. The molecule has 5 nitrogen and oxygen atoms in total. The minimum absolute atomic E-state index is 0.148. The van der Waals surface area contributed by atoms with Gasteiger partial charge < -0.3 is 9.84 Å². The molecule has 1 aromatic carbocycles. The van der Waals surface area contributed by atoms with Crippen LogP contribution in [0.5, 0.6) is 0 Å². The quantitative estimate of drug-likeness (QED) is 0.917. The summed E-state index contributed by atoms with van der Waals surface area (Å²) in [5.74, 6) is -0.0102. The van der Waals surface area contributed by atoms with Gasteiger partial charge in [-0.05, 0) is 31.5 Å². The molecule has 0 unspecified atom stereocenters. The van der Waals surface area contributed by atoms with Crippen molar-refractivity contribution in [1.82, 2.24) is 10.5 Å². The first-order valence-electron chi connectivity index (χ1n) is 6.42. The Morgan fingerprint density at radius 2 is 2.10 bits per heavy atom. The average molecular weight is 312 g/mol. The second kappa shape index (κ2) is 5.95. The van der Waals surface area contributed by atoms with Crippen LogP contribution in [0.4, 0.5) is 4.39 Å². The Kier molecular flexibility index (Phi) is 4.43. The predicted octanol–water partition coefficient (Wildman–Crippen LogP) is 2.38. The van der Waals surface area contributed by atoms with E-state index in [1.165, 1.54) is 12.1 Å². The number of rotatable bonds is 5. The Morgan fingerprint density at radius 3 is 2.62 bits per heavy atom. The maximum absolute atomic E-state index is 13.8. The molecule has 1 N–H and O–H groups in total. The van der Waals surface area contributed by atoms with Gasteiger partial charge in [0.15, 0.2) is 9.84 Å². The largest absolute Gasteiger partial charge is 0.361 e. The Balaban J connectivity index is 2.09. The van der Waals surface area contributed by atoms with Gasteiger partial charge in [-0.25, -0.2) is 12.8 Å². The minimum atomic E-state index is -3.55. The van der Waals surface area contributed by atoms with E-state index in [9.17, 15) is 12.8 Å². The van der Waals surface area contributed by atoms with Crippen LogP contribution in [0.2, 0.25) is 0 Å². The molecule has 0 amide bonds. The van der Waals surface area contributed by atoms with E-state index in [0.29, 0.717) is 12.1 Å². The standard InChI is InChI=1S/C14H17FN2O3S/c1-9-6-12(17-20-9)8-16-10(2)11-4-5-14(13(15)7-11)21(3,18)19/h4-7,10,16H,8H2,1-3H3/t10-/m1/s1. The van der Waals surface area contributed by atoms with E-state index in [4.69, 9.17) is 4.52 Å². The van der Waals surface area contributed by atoms with Crippen molar-refractivity contribution in [3.63, 3.8) is 0 Å². The second-order valence-corrected chi connectivity index (χ2v) is 6.98. The van der Waals surface area contributed by atoms with Crippen LogP contribution in [-0.2, 0) is 16.4 Å². The number of hydrogen-bond donors (Lipinski definition) is 1. The van der Waals surface area contributed by atoms with Crippen LogP contribution in [0.3, 0.4) is 0 Å². The van der Waals surface area contributed by atoms with E-state index in [1.807, 2.05) is 13.0 Å². The normalized spacial score (nSPS) is 13.3. The van der Waals surface area contributed by atoms with Crippen molar-refractivity contribution < 1.29 is 17.3 Å². The smallest absolute Gasteiger partial charge is 0.178 e. The topological polar surface area (TPSA) is 72.2 Å². The molecule has 1 atom stereocenters. The molecule has 7 heteroatoms. The number of halogens is 1. The third-order valence-electron chi connectivity index (χ3n) is 3.12. The molecule has 2 aromatic rings. The summed E-state index contributed by atoms with van der Waals surface area (Å²) >= 11 is 0. The summed E-state index contributed by atoms with van der Waals surface area (Å²) in [7, 11) is -3.55. The molecule has 0 saturated heterocycles. The molecule has 1 aromatic heterocycles. The number of hydrogen-bond acceptors (Lipinski definition) is 5. The molecule has 0 bridgehead atoms. The van der Waals surface area contributed by atoms with Gasteiger partial charge in [0.25, 0.3) is 0 Å². The van der Waals surface area contributed by atoms with Gasteiger partial charge in [0.05, 0.1) is 5.69 Å². The van der Waals surface area contributed by atoms with Crippen molar-refractivity contribution in [1.29, 1.82) is 0 Å². The summed E-state index contributed by atoms with van der Waals surface area (Å²) in [6.45, 7) is 4.15. The van der Waals surface area contributed by atoms with Crippen molar-refractivity contribution in [2.45, 2.75) is 31.3 Å². The van der Waals surface area contributed by atoms with Crippen LogP contribution in [0.15, 0.2) is 33.7 Å². The van der Waals surface area contributed by atoms with Crippen LogP contribution in [0, 0.1) is 12.7 Å². The summed E-state index contributed by atoms with van der Waals surface area (Å²) in [5, 5.41) is 7.03. The van der Waals surface area contributed by atoms with Gasteiger partial charge in [0, 0.05) is 24.9 Å². The highest BCUT2D eigenvalue weighted by atomic mass is 32.2. The Labute approximate surface area is 123 Å². The number of aryl methyl sites for hydroxylation is 1. The average Bonchev–Trinajstić information content (AvgIpc) is 2.80. The number of nitrogens with one attached hydrogen (secondary N) is 1. The number of benzene rings is 1. The lowest BCUT2D eigenvalue weighted by Gasteiger charge is -2.14. The third-order valence-corrected chi connectivity index (χ3v) is 4.25. The van der Waals surface area contributed by atoms with Crippen LogP contribution >= 0.6 is 0 Å². The van der Waals surface area contributed by atoms with E-state index < -0.39 is 15.7 Å². The second-order valence-electron chi connectivity index (χ2n) is 4.99. The van der Waals surface area contributed by atoms with Crippen LogP contribution in [0.25, 0.3) is 0 Å². The summed E-state index contributed by atoms with van der Waals surface area (Å²) in [4.78, 5) is -0.287. The Hall–Kier alpha value is -1.73. The summed E-state index contributed by atoms with van der Waals surface area (Å²) in [5.41, 5.74) is 1.42. The molecule has 0 spiro atoms. The molecule has 0 aliphatic rings. The maximum Gasteiger partial charge on any atom is 0.178 e. The lowest BCUT2D eigenvalue weighted by molar-refractivity contribution is 0.386. The maximum atomic E-state index is 13.8. The van der Waals surface area contributed by atoms with Crippen LogP contribution in [0.1, 0.15) is 30.0 Å².